The van der Waals surface area contributed by atoms with Crippen LogP contribution in [0.4, 0.5) is 13.2 Å². The fraction of sp³-hybridized carbons (Fsp3) is 0.143. The second kappa shape index (κ2) is 5.23. The van der Waals surface area contributed by atoms with Crippen LogP contribution in [0, 0.1) is 17.5 Å². The second-order valence-corrected chi connectivity index (χ2v) is 4.01. The summed E-state index contributed by atoms with van der Waals surface area (Å²) >= 11 is 0. The highest BCUT2D eigenvalue weighted by Crippen LogP contribution is 2.21. The van der Waals surface area contributed by atoms with E-state index in [9.17, 15) is 18.3 Å². The molecule has 0 aromatic heterocycles. The Morgan fingerprint density at radius 3 is 2.11 bits per heavy atom. The number of halogens is 3. The van der Waals surface area contributed by atoms with Crippen molar-refractivity contribution < 1.29 is 18.3 Å². The third kappa shape index (κ3) is 2.90. The van der Waals surface area contributed by atoms with Crippen molar-refractivity contribution in [3.63, 3.8) is 0 Å². The normalized spacial score (nSPS) is 12.4. The van der Waals surface area contributed by atoms with Gasteiger partial charge in [-0.05, 0) is 23.8 Å². The first-order valence-corrected chi connectivity index (χ1v) is 5.44. The lowest BCUT2D eigenvalue weighted by atomic mass is 10.0. The minimum absolute atomic E-state index is 0.0284. The number of benzene rings is 2. The Balaban J connectivity index is 2.16. The van der Waals surface area contributed by atoms with E-state index in [0.29, 0.717) is 5.56 Å². The molecule has 2 rings (SSSR count). The number of hydrogen-bond donors (Lipinski definition) is 1. The van der Waals surface area contributed by atoms with Crippen LogP contribution >= 0.6 is 0 Å². The van der Waals surface area contributed by atoms with E-state index < -0.39 is 17.7 Å². The zero-order chi connectivity index (χ0) is 13.1. The SMILES string of the molecule is OC(Cc1ccc(F)cc1)c1ccc(F)cc1F. The van der Waals surface area contributed by atoms with Gasteiger partial charge in [0.15, 0.2) is 0 Å². The Hall–Kier alpha value is -1.81. The molecule has 1 nitrogen and oxygen atoms in total. The quantitative estimate of drug-likeness (QED) is 0.887. The minimum atomic E-state index is -1.09. The van der Waals surface area contributed by atoms with Crippen LogP contribution < -0.4 is 0 Å². The van der Waals surface area contributed by atoms with Crippen LogP contribution in [-0.2, 0) is 6.42 Å². The van der Waals surface area contributed by atoms with Gasteiger partial charge in [-0.25, -0.2) is 13.2 Å². The highest BCUT2D eigenvalue weighted by Gasteiger charge is 2.14. The molecule has 2 aromatic carbocycles. The molecule has 0 aliphatic carbocycles. The molecule has 0 saturated heterocycles. The molecule has 0 aliphatic heterocycles. The zero-order valence-electron chi connectivity index (χ0n) is 9.41. The van der Waals surface area contributed by atoms with Crippen molar-refractivity contribution in [2.75, 3.05) is 0 Å². The molecular weight excluding hydrogens is 241 g/mol. The lowest BCUT2D eigenvalue weighted by molar-refractivity contribution is 0.173. The van der Waals surface area contributed by atoms with Crippen molar-refractivity contribution in [3.8, 4) is 0 Å². The third-order valence-electron chi connectivity index (χ3n) is 2.66. The van der Waals surface area contributed by atoms with Crippen molar-refractivity contribution in [2.24, 2.45) is 0 Å². The molecule has 0 amide bonds. The Bertz CT molecular complexity index is 537. The average Bonchev–Trinajstić information content (AvgIpc) is 2.32. The summed E-state index contributed by atoms with van der Waals surface area (Å²) in [5.41, 5.74) is 0.702. The standard InChI is InChI=1S/C14H11F3O/c15-10-3-1-9(2-4-10)7-14(18)12-6-5-11(16)8-13(12)17/h1-6,8,14,18H,7H2. The van der Waals surface area contributed by atoms with Gasteiger partial charge >= 0.3 is 0 Å². The maximum atomic E-state index is 13.4. The predicted molar refractivity (Wildman–Crippen MR) is 61.4 cm³/mol. The Morgan fingerprint density at radius 1 is 0.889 bits per heavy atom. The molecule has 0 heterocycles. The number of aliphatic hydroxyl groups excluding tert-OH is 1. The molecule has 0 bridgehead atoms. The molecule has 0 spiro atoms. The van der Waals surface area contributed by atoms with Gasteiger partial charge in [-0.3, -0.25) is 0 Å². The number of aliphatic hydroxyl groups is 1. The van der Waals surface area contributed by atoms with Crippen molar-refractivity contribution in [1.82, 2.24) is 0 Å². The first-order chi connectivity index (χ1) is 8.56. The fourth-order valence-corrected chi connectivity index (χ4v) is 1.73. The molecule has 18 heavy (non-hydrogen) atoms. The smallest absolute Gasteiger partial charge is 0.131 e. The van der Waals surface area contributed by atoms with Crippen LogP contribution in [0.15, 0.2) is 42.5 Å². The fourth-order valence-electron chi connectivity index (χ4n) is 1.73. The highest BCUT2D eigenvalue weighted by molar-refractivity contribution is 5.24. The lowest BCUT2D eigenvalue weighted by Crippen LogP contribution is -2.04. The van der Waals surface area contributed by atoms with Gasteiger partial charge in [0.05, 0.1) is 6.10 Å². The Kier molecular flexibility index (Phi) is 3.67. The van der Waals surface area contributed by atoms with E-state index in [2.05, 4.69) is 0 Å². The number of hydrogen-bond acceptors (Lipinski definition) is 1. The van der Waals surface area contributed by atoms with Crippen LogP contribution in [0.2, 0.25) is 0 Å². The van der Waals surface area contributed by atoms with Crippen LogP contribution in [0.25, 0.3) is 0 Å². The van der Waals surface area contributed by atoms with Gasteiger partial charge in [0, 0.05) is 18.1 Å². The van der Waals surface area contributed by atoms with Gasteiger partial charge in [-0.1, -0.05) is 18.2 Å². The summed E-state index contributed by atoms with van der Waals surface area (Å²) in [4.78, 5) is 0. The molecule has 1 unspecified atom stereocenters. The van der Waals surface area contributed by atoms with Crippen LogP contribution in [0.1, 0.15) is 17.2 Å². The van der Waals surface area contributed by atoms with Gasteiger partial charge in [0.1, 0.15) is 17.5 Å². The highest BCUT2D eigenvalue weighted by atomic mass is 19.1. The van der Waals surface area contributed by atoms with E-state index in [-0.39, 0.29) is 17.8 Å². The Labute approximate surface area is 103 Å². The van der Waals surface area contributed by atoms with Gasteiger partial charge < -0.3 is 5.11 Å². The molecule has 94 valence electrons. The summed E-state index contributed by atoms with van der Waals surface area (Å²) in [5.74, 6) is -1.85. The molecule has 2 aromatic rings. The van der Waals surface area contributed by atoms with E-state index in [1.54, 1.807) is 0 Å². The first kappa shape index (κ1) is 12.6. The summed E-state index contributed by atoms with van der Waals surface area (Å²) in [7, 11) is 0. The van der Waals surface area contributed by atoms with E-state index in [0.717, 1.165) is 12.1 Å². The zero-order valence-corrected chi connectivity index (χ0v) is 9.41. The molecule has 0 aliphatic rings. The van der Waals surface area contributed by atoms with E-state index in [4.69, 9.17) is 0 Å². The van der Waals surface area contributed by atoms with Crippen LogP contribution in [-0.4, -0.2) is 5.11 Å². The second-order valence-electron chi connectivity index (χ2n) is 4.01. The predicted octanol–water partition coefficient (Wildman–Crippen LogP) is 3.38. The topological polar surface area (TPSA) is 20.2 Å². The Morgan fingerprint density at radius 2 is 1.50 bits per heavy atom. The largest absolute Gasteiger partial charge is 0.388 e. The van der Waals surface area contributed by atoms with Gasteiger partial charge in [-0.2, -0.15) is 0 Å². The van der Waals surface area contributed by atoms with Crippen LogP contribution in [0.3, 0.4) is 0 Å². The van der Waals surface area contributed by atoms with E-state index in [1.165, 1.54) is 30.3 Å². The van der Waals surface area contributed by atoms with Gasteiger partial charge in [0.2, 0.25) is 0 Å². The van der Waals surface area contributed by atoms with E-state index >= 15 is 0 Å². The van der Waals surface area contributed by atoms with Crippen molar-refractivity contribution in [1.29, 1.82) is 0 Å². The molecule has 4 heteroatoms. The summed E-state index contributed by atoms with van der Waals surface area (Å²) in [5, 5.41) is 9.86. The minimum Gasteiger partial charge on any atom is -0.388 e. The molecule has 0 radical (unpaired) electrons. The first-order valence-electron chi connectivity index (χ1n) is 5.44. The maximum absolute atomic E-state index is 13.4. The van der Waals surface area contributed by atoms with Gasteiger partial charge in [0.25, 0.3) is 0 Å². The molecular formula is C14H11F3O. The molecule has 0 fully saturated rings. The number of rotatable bonds is 3. The van der Waals surface area contributed by atoms with Crippen molar-refractivity contribution in [2.45, 2.75) is 12.5 Å². The lowest BCUT2D eigenvalue weighted by Gasteiger charge is -2.12. The van der Waals surface area contributed by atoms with E-state index in [1.807, 2.05) is 0 Å². The van der Waals surface area contributed by atoms with Crippen molar-refractivity contribution >= 4 is 0 Å². The molecule has 0 saturated carbocycles. The summed E-state index contributed by atoms with van der Waals surface area (Å²) in [6.45, 7) is 0. The third-order valence-corrected chi connectivity index (χ3v) is 2.66. The monoisotopic (exact) mass is 252 g/mol. The molecule has 1 atom stereocenters. The summed E-state index contributed by atoms with van der Waals surface area (Å²) < 4.78 is 38.8. The maximum Gasteiger partial charge on any atom is 0.131 e. The van der Waals surface area contributed by atoms with Crippen LogP contribution in [0.5, 0.6) is 0 Å². The van der Waals surface area contributed by atoms with Gasteiger partial charge in [-0.15, -0.1) is 0 Å². The average molecular weight is 252 g/mol. The summed E-state index contributed by atoms with van der Waals surface area (Å²) in [6, 6.07) is 8.58. The summed E-state index contributed by atoms with van der Waals surface area (Å²) in [6.07, 6.45) is -0.945. The van der Waals surface area contributed by atoms with Crippen molar-refractivity contribution in [3.05, 3.63) is 71.0 Å². The molecule has 1 N–H and O–H groups in total.